The summed E-state index contributed by atoms with van der Waals surface area (Å²) in [6, 6.07) is 13.4. The molecule has 0 radical (unpaired) electrons. The third-order valence-electron chi connectivity index (χ3n) is 3.81. The summed E-state index contributed by atoms with van der Waals surface area (Å²) in [4.78, 5) is 35.0. The van der Waals surface area contributed by atoms with E-state index in [1.165, 1.54) is 6.92 Å². The number of urea groups is 1. The molecule has 0 saturated carbocycles. The summed E-state index contributed by atoms with van der Waals surface area (Å²) < 4.78 is 5.15. The number of hydrogen-bond donors (Lipinski definition) is 3. The van der Waals surface area contributed by atoms with Crippen LogP contribution < -0.4 is 16.0 Å². The van der Waals surface area contributed by atoms with Crippen molar-refractivity contribution in [2.75, 3.05) is 17.2 Å². The maximum atomic E-state index is 12.1. The highest BCUT2D eigenvalue weighted by Gasteiger charge is 2.08. The van der Waals surface area contributed by atoms with Crippen molar-refractivity contribution < 1.29 is 19.1 Å². The Morgan fingerprint density at radius 1 is 0.964 bits per heavy atom. The maximum absolute atomic E-state index is 12.1. The molecule has 0 fully saturated rings. The minimum absolute atomic E-state index is 0.152. The highest BCUT2D eigenvalue weighted by molar-refractivity contribution is 5.92. The molecular formula is C21H25N3O4. The summed E-state index contributed by atoms with van der Waals surface area (Å²) in [5.41, 5.74) is 2.53. The lowest BCUT2D eigenvalue weighted by Crippen LogP contribution is -2.28. The van der Waals surface area contributed by atoms with Gasteiger partial charge in [0.25, 0.3) is 0 Å². The SMILES string of the molecule is CCCCOC(=O)c1ccc(NC(=O)NCc2cccc(NC(C)=O)c2)cc1. The first-order valence-corrected chi connectivity index (χ1v) is 9.16. The lowest BCUT2D eigenvalue weighted by Gasteiger charge is -2.10. The van der Waals surface area contributed by atoms with Crippen molar-refractivity contribution in [1.82, 2.24) is 5.32 Å². The van der Waals surface area contributed by atoms with Crippen molar-refractivity contribution in [3.8, 4) is 0 Å². The Labute approximate surface area is 164 Å². The summed E-state index contributed by atoms with van der Waals surface area (Å²) in [6.45, 7) is 4.18. The molecule has 0 spiro atoms. The van der Waals surface area contributed by atoms with E-state index < -0.39 is 0 Å². The van der Waals surface area contributed by atoms with E-state index in [0.29, 0.717) is 30.1 Å². The van der Waals surface area contributed by atoms with Gasteiger partial charge in [-0.25, -0.2) is 9.59 Å². The fraction of sp³-hybridized carbons (Fsp3) is 0.286. The van der Waals surface area contributed by atoms with E-state index in [0.717, 1.165) is 18.4 Å². The van der Waals surface area contributed by atoms with Crippen LogP contribution >= 0.6 is 0 Å². The molecule has 0 heterocycles. The van der Waals surface area contributed by atoms with Gasteiger partial charge in [0.05, 0.1) is 12.2 Å². The Morgan fingerprint density at radius 2 is 1.71 bits per heavy atom. The van der Waals surface area contributed by atoms with Crippen molar-refractivity contribution in [1.29, 1.82) is 0 Å². The molecular weight excluding hydrogens is 358 g/mol. The van der Waals surface area contributed by atoms with Crippen LogP contribution in [0.3, 0.4) is 0 Å². The van der Waals surface area contributed by atoms with Crippen LogP contribution in [0.5, 0.6) is 0 Å². The van der Waals surface area contributed by atoms with Crippen LogP contribution in [0.25, 0.3) is 0 Å². The van der Waals surface area contributed by atoms with Gasteiger partial charge in [-0.2, -0.15) is 0 Å². The van der Waals surface area contributed by atoms with Gasteiger partial charge in [-0.05, 0) is 48.4 Å². The molecule has 2 aromatic carbocycles. The Balaban J connectivity index is 1.83. The third-order valence-corrected chi connectivity index (χ3v) is 3.81. The normalized spacial score (nSPS) is 10.1. The summed E-state index contributed by atoms with van der Waals surface area (Å²) >= 11 is 0. The van der Waals surface area contributed by atoms with Gasteiger partial charge in [-0.1, -0.05) is 25.5 Å². The number of anilines is 2. The second-order valence-electron chi connectivity index (χ2n) is 6.26. The van der Waals surface area contributed by atoms with Gasteiger partial charge >= 0.3 is 12.0 Å². The first-order chi connectivity index (χ1) is 13.5. The van der Waals surface area contributed by atoms with Gasteiger partial charge in [-0.3, -0.25) is 4.79 Å². The fourth-order valence-electron chi connectivity index (χ4n) is 2.40. The first kappa shape index (κ1) is 21.0. The van der Waals surface area contributed by atoms with E-state index in [1.807, 2.05) is 13.0 Å². The second-order valence-corrected chi connectivity index (χ2v) is 6.26. The van der Waals surface area contributed by atoms with Crippen LogP contribution in [0.1, 0.15) is 42.6 Å². The molecule has 0 atom stereocenters. The van der Waals surface area contributed by atoms with E-state index in [1.54, 1.807) is 42.5 Å². The third kappa shape index (κ3) is 7.11. The molecule has 7 nitrogen and oxygen atoms in total. The zero-order valence-electron chi connectivity index (χ0n) is 16.1. The lowest BCUT2D eigenvalue weighted by atomic mass is 10.2. The molecule has 3 N–H and O–H groups in total. The number of benzene rings is 2. The van der Waals surface area contributed by atoms with E-state index >= 15 is 0 Å². The Morgan fingerprint density at radius 3 is 2.39 bits per heavy atom. The lowest BCUT2D eigenvalue weighted by molar-refractivity contribution is -0.114. The Kier molecular flexibility index (Phi) is 8.02. The topological polar surface area (TPSA) is 96.5 Å². The monoisotopic (exact) mass is 383 g/mol. The molecule has 28 heavy (non-hydrogen) atoms. The number of carbonyl (C=O) groups excluding carboxylic acids is 3. The molecule has 3 amide bonds. The number of amides is 3. The summed E-state index contributed by atoms with van der Waals surface area (Å²) in [5, 5.41) is 8.15. The fourth-order valence-corrected chi connectivity index (χ4v) is 2.40. The minimum Gasteiger partial charge on any atom is -0.462 e. The molecule has 2 rings (SSSR count). The zero-order chi connectivity index (χ0) is 20.4. The average molecular weight is 383 g/mol. The maximum Gasteiger partial charge on any atom is 0.338 e. The number of esters is 1. The number of carbonyl (C=O) groups is 3. The predicted octanol–water partition coefficient (Wildman–Crippen LogP) is 3.92. The van der Waals surface area contributed by atoms with E-state index in [-0.39, 0.29) is 17.9 Å². The minimum atomic E-state index is -0.372. The van der Waals surface area contributed by atoms with Crippen molar-refractivity contribution >= 4 is 29.3 Å². The van der Waals surface area contributed by atoms with Crippen LogP contribution in [0, 0.1) is 0 Å². The van der Waals surface area contributed by atoms with Crippen LogP contribution in [0.4, 0.5) is 16.2 Å². The van der Waals surface area contributed by atoms with Crippen molar-refractivity contribution in [2.45, 2.75) is 33.2 Å². The van der Waals surface area contributed by atoms with Gasteiger partial charge in [0.2, 0.25) is 5.91 Å². The number of rotatable bonds is 8. The quantitative estimate of drug-likeness (QED) is 0.475. The van der Waals surface area contributed by atoms with Gasteiger partial charge in [-0.15, -0.1) is 0 Å². The second kappa shape index (κ2) is 10.7. The first-order valence-electron chi connectivity index (χ1n) is 9.16. The molecule has 0 aliphatic heterocycles. The molecule has 7 heteroatoms. The van der Waals surface area contributed by atoms with Crippen LogP contribution in [0.15, 0.2) is 48.5 Å². The predicted molar refractivity (Wildman–Crippen MR) is 108 cm³/mol. The van der Waals surface area contributed by atoms with E-state index in [9.17, 15) is 14.4 Å². The van der Waals surface area contributed by atoms with Crippen molar-refractivity contribution in [2.24, 2.45) is 0 Å². The number of hydrogen-bond acceptors (Lipinski definition) is 4. The molecule has 0 aromatic heterocycles. The van der Waals surface area contributed by atoms with Crippen LogP contribution in [-0.4, -0.2) is 24.5 Å². The summed E-state index contributed by atoms with van der Waals surface area (Å²) in [5.74, 6) is -0.524. The smallest absolute Gasteiger partial charge is 0.338 e. The van der Waals surface area contributed by atoms with Crippen LogP contribution in [-0.2, 0) is 16.1 Å². The molecule has 0 aliphatic carbocycles. The Bertz CT molecular complexity index is 819. The average Bonchev–Trinajstić information content (AvgIpc) is 2.67. The van der Waals surface area contributed by atoms with Gasteiger partial charge in [0, 0.05) is 24.8 Å². The molecule has 0 aliphatic rings. The zero-order valence-corrected chi connectivity index (χ0v) is 16.1. The molecule has 0 saturated heterocycles. The van der Waals surface area contributed by atoms with Crippen molar-refractivity contribution in [3.05, 3.63) is 59.7 Å². The highest BCUT2D eigenvalue weighted by Crippen LogP contribution is 2.12. The van der Waals surface area contributed by atoms with Gasteiger partial charge in [0.15, 0.2) is 0 Å². The van der Waals surface area contributed by atoms with E-state index in [2.05, 4.69) is 16.0 Å². The van der Waals surface area contributed by atoms with Crippen molar-refractivity contribution in [3.63, 3.8) is 0 Å². The van der Waals surface area contributed by atoms with Crippen LogP contribution in [0.2, 0.25) is 0 Å². The highest BCUT2D eigenvalue weighted by atomic mass is 16.5. The number of ether oxygens (including phenoxy) is 1. The summed E-state index contributed by atoms with van der Waals surface area (Å²) in [7, 11) is 0. The van der Waals surface area contributed by atoms with Gasteiger partial charge in [0.1, 0.15) is 0 Å². The molecule has 2 aromatic rings. The Hall–Kier alpha value is -3.35. The number of unbranched alkanes of at least 4 members (excludes halogenated alkanes) is 1. The summed E-state index contributed by atoms with van der Waals surface area (Å²) in [6.07, 6.45) is 1.79. The number of nitrogens with one attached hydrogen (secondary N) is 3. The molecule has 148 valence electrons. The van der Waals surface area contributed by atoms with E-state index in [4.69, 9.17) is 4.74 Å². The largest absolute Gasteiger partial charge is 0.462 e. The molecule has 0 bridgehead atoms. The standard InChI is InChI=1S/C21H25N3O4/c1-3-4-12-28-20(26)17-8-10-18(11-9-17)24-21(27)22-14-16-6-5-7-19(13-16)23-15(2)25/h5-11,13H,3-4,12,14H2,1-2H3,(H,23,25)(H2,22,24,27). The molecule has 0 unspecified atom stereocenters. The van der Waals surface area contributed by atoms with Gasteiger partial charge < -0.3 is 20.7 Å².